The highest BCUT2D eigenvalue weighted by molar-refractivity contribution is 6.22. The van der Waals surface area contributed by atoms with E-state index in [-0.39, 0.29) is 35.0 Å². The van der Waals surface area contributed by atoms with Gasteiger partial charge in [0, 0.05) is 20.6 Å². The summed E-state index contributed by atoms with van der Waals surface area (Å²) in [6, 6.07) is 4.10. The fraction of sp³-hybridized carbons (Fsp3) is 0.450. The molecule has 0 saturated heterocycles. The third-order valence-electron chi connectivity index (χ3n) is 4.41. The van der Waals surface area contributed by atoms with Gasteiger partial charge < -0.3 is 15.0 Å². The van der Waals surface area contributed by atoms with E-state index in [4.69, 9.17) is 4.74 Å². The number of esters is 1. The lowest BCUT2D eigenvalue weighted by Gasteiger charge is -2.14. The molecule has 0 unspecified atom stereocenters. The molecule has 0 radical (unpaired) electrons. The normalized spacial score (nSPS) is 12.8. The zero-order chi connectivity index (χ0) is 21.7. The van der Waals surface area contributed by atoms with Crippen LogP contribution in [-0.2, 0) is 14.3 Å². The first kappa shape index (κ1) is 22.1. The van der Waals surface area contributed by atoms with Crippen molar-refractivity contribution in [2.24, 2.45) is 5.92 Å². The second-order valence-corrected chi connectivity index (χ2v) is 7.35. The summed E-state index contributed by atoms with van der Waals surface area (Å²) in [4.78, 5) is 62.7. The lowest BCUT2D eigenvalue weighted by atomic mass is 10.1. The van der Waals surface area contributed by atoms with Gasteiger partial charge in [-0.15, -0.1) is 0 Å². The number of amides is 4. The molecule has 0 bridgehead atoms. The summed E-state index contributed by atoms with van der Waals surface area (Å²) in [5.41, 5.74) is 0.456. The number of carbonyl (C=O) groups is 5. The molecule has 0 atom stereocenters. The molecule has 0 saturated carbocycles. The first-order valence-electron chi connectivity index (χ1n) is 9.26. The van der Waals surface area contributed by atoms with Crippen LogP contribution in [0.2, 0.25) is 0 Å². The second-order valence-electron chi connectivity index (χ2n) is 7.35. The van der Waals surface area contributed by atoms with Gasteiger partial charge in [-0.2, -0.15) is 0 Å². The molecule has 29 heavy (non-hydrogen) atoms. The monoisotopic (exact) mass is 403 g/mol. The molecular formula is C20H25N3O6. The summed E-state index contributed by atoms with van der Waals surface area (Å²) < 4.78 is 4.92. The van der Waals surface area contributed by atoms with E-state index in [9.17, 15) is 24.0 Å². The maximum atomic E-state index is 12.5. The van der Waals surface area contributed by atoms with Crippen LogP contribution < -0.4 is 5.32 Å². The largest absolute Gasteiger partial charge is 0.452 e. The highest BCUT2D eigenvalue weighted by Crippen LogP contribution is 2.25. The topological polar surface area (TPSA) is 113 Å². The van der Waals surface area contributed by atoms with Gasteiger partial charge in [0.25, 0.3) is 17.7 Å². The maximum Gasteiger partial charge on any atom is 0.338 e. The van der Waals surface area contributed by atoms with Crippen LogP contribution in [0.5, 0.6) is 0 Å². The molecule has 0 spiro atoms. The van der Waals surface area contributed by atoms with E-state index in [2.05, 4.69) is 5.32 Å². The van der Waals surface area contributed by atoms with Gasteiger partial charge in [0.1, 0.15) is 0 Å². The SMILES string of the molecule is CC(C)CCN1C(=O)c2ccc(C(=O)OCC(=O)NCC(=O)N(C)C)cc2C1=O. The van der Waals surface area contributed by atoms with E-state index >= 15 is 0 Å². The minimum absolute atomic E-state index is 0.0628. The predicted molar refractivity (Wildman–Crippen MR) is 103 cm³/mol. The van der Waals surface area contributed by atoms with Gasteiger partial charge in [0.15, 0.2) is 6.61 Å². The first-order valence-corrected chi connectivity index (χ1v) is 9.26. The Kier molecular flexibility index (Phi) is 7.08. The van der Waals surface area contributed by atoms with Crippen molar-refractivity contribution < 1.29 is 28.7 Å². The number of benzene rings is 1. The highest BCUT2D eigenvalue weighted by Gasteiger charge is 2.35. The summed E-state index contributed by atoms with van der Waals surface area (Å²) in [7, 11) is 3.11. The number of likely N-dealkylation sites (N-methyl/N-ethyl adjacent to an activating group) is 1. The lowest BCUT2D eigenvalue weighted by Crippen LogP contribution is -2.38. The van der Waals surface area contributed by atoms with Crippen molar-refractivity contribution >= 4 is 29.6 Å². The molecule has 156 valence electrons. The molecule has 9 nitrogen and oxygen atoms in total. The minimum Gasteiger partial charge on any atom is -0.452 e. The van der Waals surface area contributed by atoms with Crippen LogP contribution in [0.25, 0.3) is 0 Å². The van der Waals surface area contributed by atoms with Crippen LogP contribution in [0, 0.1) is 5.92 Å². The van der Waals surface area contributed by atoms with Crippen molar-refractivity contribution in [1.29, 1.82) is 0 Å². The van der Waals surface area contributed by atoms with Crippen LogP contribution in [0.4, 0.5) is 0 Å². The molecule has 0 aromatic heterocycles. The van der Waals surface area contributed by atoms with Crippen molar-refractivity contribution in [3.63, 3.8) is 0 Å². The molecule has 9 heteroatoms. The van der Waals surface area contributed by atoms with Gasteiger partial charge in [0.05, 0.1) is 23.2 Å². The molecule has 0 aliphatic carbocycles. The Balaban J connectivity index is 1.97. The molecule has 0 fully saturated rings. The van der Waals surface area contributed by atoms with Crippen LogP contribution in [0.15, 0.2) is 18.2 Å². The fourth-order valence-electron chi connectivity index (χ4n) is 2.61. The van der Waals surface area contributed by atoms with Crippen LogP contribution in [0.3, 0.4) is 0 Å². The Morgan fingerprint density at radius 3 is 2.38 bits per heavy atom. The third-order valence-corrected chi connectivity index (χ3v) is 4.41. The average molecular weight is 403 g/mol. The van der Waals surface area contributed by atoms with E-state index in [0.717, 1.165) is 0 Å². The van der Waals surface area contributed by atoms with Crippen molar-refractivity contribution in [2.45, 2.75) is 20.3 Å². The van der Waals surface area contributed by atoms with Crippen LogP contribution >= 0.6 is 0 Å². The van der Waals surface area contributed by atoms with Gasteiger partial charge in [-0.3, -0.25) is 24.1 Å². The Morgan fingerprint density at radius 1 is 1.10 bits per heavy atom. The van der Waals surface area contributed by atoms with Crippen molar-refractivity contribution in [1.82, 2.24) is 15.1 Å². The zero-order valence-corrected chi connectivity index (χ0v) is 17.0. The molecule has 1 aromatic carbocycles. The number of ether oxygens (including phenoxy) is 1. The van der Waals surface area contributed by atoms with Gasteiger partial charge in [-0.25, -0.2) is 4.79 Å². The number of carbonyl (C=O) groups excluding carboxylic acids is 5. The summed E-state index contributed by atoms with van der Waals surface area (Å²) in [6.45, 7) is 3.54. The summed E-state index contributed by atoms with van der Waals surface area (Å²) in [6.07, 6.45) is 0.686. The van der Waals surface area contributed by atoms with Crippen molar-refractivity contribution in [3.05, 3.63) is 34.9 Å². The van der Waals surface area contributed by atoms with E-state index in [1.807, 2.05) is 13.8 Å². The first-order chi connectivity index (χ1) is 13.6. The van der Waals surface area contributed by atoms with E-state index in [1.165, 1.54) is 28.0 Å². The number of nitrogens with zero attached hydrogens (tertiary/aromatic N) is 2. The maximum absolute atomic E-state index is 12.5. The molecule has 1 heterocycles. The number of hydrogen-bond acceptors (Lipinski definition) is 6. The zero-order valence-electron chi connectivity index (χ0n) is 17.0. The predicted octanol–water partition coefficient (Wildman–Crippen LogP) is 0.690. The molecule has 2 rings (SSSR count). The quantitative estimate of drug-likeness (QED) is 0.505. The molecule has 1 aliphatic heterocycles. The number of fused-ring (bicyclic) bond motifs is 1. The molecule has 4 amide bonds. The van der Waals surface area contributed by atoms with Gasteiger partial charge in [-0.05, 0) is 30.5 Å². The number of hydrogen-bond donors (Lipinski definition) is 1. The van der Waals surface area contributed by atoms with E-state index in [0.29, 0.717) is 18.9 Å². The highest BCUT2D eigenvalue weighted by atomic mass is 16.5. The number of rotatable bonds is 8. The Morgan fingerprint density at radius 2 is 1.76 bits per heavy atom. The number of imide groups is 1. The van der Waals surface area contributed by atoms with Crippen molar-refractivity contribution in [3.8, 4) is 0 Å². The lowest BCUT2D eigenvalue weighted by molar-refractivity contribution is -0.131. The Hall–Kier alpha value is -3.23. The van der Waals surface area contributed by atoms with Gasteiger partial charge in [-0.1, -0.05) is 13.8 Å². The molecule has 1 aliphatic rings. The molecular weight excluding hydrogens is 378 g/mol. The van der Waals surface area contributed by atoms with E-state index < -0.39 is 24.4 Å². The molecule has 1 N–H and O–H groups in total. The summed E-state index contributed by atoms with van der Waals surface area (Å²) in [5.74, 6) is -2.21. The molecule has 1 aromatic rings. The average Bonchev–Trinajstić information content (AvgIpc) is 2.92. The summed E-state index contributed by atoms with van der Waals surface area (Å²) in [5, 5.41) is 2.34. The smallest absolute Gasteiger partial charge is 0.338 e. The third kappa shape index (κ3) is 5.40. The number of nitrogens with one attached hydrogen (secondary N) is 1. The van der Waals surface area contributed by atoms with Crippen LogP contribution in [-0.4, -0.2) is 73.2 Å². The van der Waals surface area contributed by atoms with E-state index in [1.54, 1.807) is 14.1 Å². The van der Waals surface area contributed by atoms with Gasteiger partial charge >= 0.3 is 5.97 Å². The fourth-order valence-corrected chi connectivity index (χ4v) is 2.61. The standard InChI is InChI=1S/C20H25N3O6/c1-12(2)7-8-23-18(26)14-6-5-13(9-15(14)19(23)27)20(28)29-11-16(24)21-10-17(25)22(3)4/h5-6,9,12H,7-8,10-11H2,1-4H3,(H,21,24). The minimum atomic E-state index is -0.803. The Labute approximate surface area is 169 Å². The summed E-state index contributed by atoms with van der Waals surface area (Å²) >= 11 is 0. The Bertz CT molecular complexity index is 847. The van der Waals surface area contributed by atoms with Gasteiger partial charge in [0.2, 0.25) is 5.91 Å². The van der Waals surface area contributed by atoms with Crippen molar-refractivity contribution in [2.75, 3.05) is 33.8 Å². The second kappa shape index (κ2) is 9.31. The van der Waals surface area contributed by atoms with Crippen LogP contribution in [0.1, 0.15) is 51.3 Å².